The lowest BCUT2D eigenvalue weighted by Gasteiger charge is -2.42. The quantitative estimate of drug-likeness (QED) is 0.233. The smallest absolute Gasteiger partial charge is 0.0502 e. The van der Waals surface area contributed by atoms with Crippen molar-refractivity contribution in [1.29, 1.82) is 0 Å². The van der Waals surface area contributed by atoms with Gasteiger partial charge in [0.1, 0.15) is 0 Å². The Bertz CT molecular complexity index is 1620. The maximum absolute atomic E-state index is 2.43. The third-order valence-corrected chi connectivity index (χ3v) is 9.46. The molecule has 198 valence electrons. The zero-order valence-electron chi connectivity index (χ0n) is 23.9. The molecule has 5 aromatic rings. The van der Waals surface area contributed by atoms with Crippen molar-refractivity contribution in [3.05, 3.63) is 149 Å². The molecule has 0 atom stereocenters. The first-order chi connectivity index (χ1) is 19.4. The van der Waals surface area contributed by atoms with Crippen molar-refractivity contribution < 1.29 is 0 Å². The summed E-state index contributed by atoms with van der Waals surface area (Å²) in [5, 5.41) is 0. The first kappa shape index (κ1) is 24.7. The van der Waals surface area contributed by atoms with E-state index in [1.807, 2.05) is 0 Å². The lowest BCUT2D eigenvalue weighted by molar-refractivity contribution is 0.514. The number of nitrogens with zero attached hydrogens (tertiary/aromatic N) is 2. The summed E-state index contributed by atoms with van der Waals surface area (Å²) >= 11 is 0. The molecule has 0 aromatic heterocycles. The Morgan fingerprint density at radius 1 is 0.500 bits per heavy atom. The molecule has 0 fully saturated rings. The summed E-state index contributed by atoms with van der Waals surface area (Å²) < 4.78 is 0. The van der Waals surface area contributed by atoms with E-state index in [4.69, 9.17) is 0 Å². The molecule has 0 radical (unpaired) electrons. The Balaban J connectivity index is 1.22. The van der Waals surface area contributed by atoms with Gasteiger partial charge in [-0.2, -0.15) is 0 Å². The minimum absolute atomic E-state index is 0.0419. The molecule has 0 unspecified atom stereocenters. The van der Waals surface area contributed by atoms with Gasteiger partial charge in [0.2, 0.25) is 0 Å². The molecule has 2 nitrogen and oxygen atoms in total. The number of anilines is 5. The van der Waals surface area contributed by atoms with Crippen LogP contribution in [0.1, 0.15) is 55.0 Å². The van der Waals surface area contributed by atoms with Crippen LogP contribution in [0.2, 0.25) is 0 Å². The molecule has 0 aliphatic carbocycles. The van der Waals surface area contributed by atoms with E-state index in [1.54, 1.807) is 0 Å². The van der Waals surface area contributed by atoms with Gasteiger partial charge < -0.3 is 9.80 Å². The summed E-state index contributed by atoms with van der Waals surface area (Å²) in [5.74, 6) is 0. The first-order valence-electron chi connectivity index (χ1n) is 14.4. The molecule has 2 aliphatic heterocycles. The monoisotopic (exact) mass is 520 g/mol. The molecule has 0 amide bonds. The van der Waals surface area contributed by atoms with E-state index in [0.717, 1.165) is 12.8 Å². The molecule has 7 rings (SSSR count). The highest BCUT2D eigenvalue weighted by Crippen LogP contribution is 2.52. The van der Waals surface area contributed by atoms with Crippen molar-refractivity contribution in [1.82, 2.24) is 0 Å². The number of hydrogen-bond acceptors (Lipinski definition) is 2. The van der Waals surface area contributed by atoms with Gasteiger partial charge in [-0.05, 0) is 77.1 Å². The maximum Gasteiger partial charge on any atom is 0.0502 e. The van der Waals surface area contributed by atoms with Crippen molar-refractivity contribution in [2.24, 2.45) is 0 Å². The van der Waals surface area contributed by atoms with E-state index in [0.29, 0.717) is 0 Å². The highest BCUT2D eigenvalue weighted by atomic mass is 15.2. The Labute approximate surface area is 238 Å². The van der Waals surface area contributed by atoms with Crippen LogP contribution in [0.25, 0.3) is 0 Å². The van der Waals surface area contributed by atoms with Gasteiger partial charge in [0.15, 0.2) is 0 Å². The van der Waals surface area contributed by atoms with Gasteiger partial charge in [-0.3, -0.25) is 0 Å². The van der Waals surface area contributed by atoms with Crippen molar-refractivity contribution in [2.75, 3.05) is 16.8 Å². The van der Waals surface area contributed by atoms with Crippen LogP contribution >= 0.6 is 0 Å². The molecule has 0 spiro atoms. The molecule has 40 heavy (non-hydrogen) atoms. The van der Waals surface area contributed by atoms with Crippen LogP contribution in [0.4, 0.5) is 28.4 Å². The fourth-order valence-electron chi connectivity index (χ4n) is 7.16. The number of fused-ring (bicyclic) bond motifs is 4. The largest absolute Gasteiger partial charge is 0.344 e. The predicted molar refractivity (Wildman–Crippen MR) is 169 cm³/mol. The molecule has 2 heterocycles. The molecular formula is C38H36N2. The van der Waals surface area contributed by atoms with Crippen LogP contribution in [0.5, 0.6) is 0 Å². The number of benzene rings is 5. The number of aryl methyl sites for hydroxylation is 1. The molecule has 0 saturated heterocycles. The summed E-state index contributed by atoms with van der Waals surface area (Å²) in [6.45, 7) is 7.10. The van der Waals surface area contributed by atoms with Gasteiger partial charge in [0, 0.05) is 34.9 Å². The second-order valence-electron chi connectivity index (χ2n) is 12.1. The van der Waals surface area contributed by atoms with E-state index in [-0.39, 0.29) is 10.8 Å². The topological polar surface area (TPSA) is 6.48 Å². The summed E-state index contributed by atoms with van der Waals surface area (Å²) in [4.78, 5) is 4.78. The zero-order valence-corrected chi connectivity index (χ0v) is 23.9. The Morgan fingerprint density at radius 2 is 0.925 bits per heavy atom. The zero-order chi connectivity index (χ0) is 27.5. The fraction of sp³-hybridized carbons (Fsp3) is 0.211. The third-order valence-electron chi connectivity index (χ3n) is 9.46. The van der Waals surface area contributed by atoms with Gasteiger partial charge in [-0.15, -0.1) is 0 Å². The highest BCUT2D eigenvalue weighted by Gasteiger charge is 2.38. The summed E-state index contributed by atoms with van der Waals surface area (Å²) in [5.41, 5.74) is 13.2. The summed E-state index contributed by atoms with van der Waals surface area (Å²) in [7, 11) is 2.19. The van der Waals surface area contributed by atoms with E-state index in [2.05, 4.69) is 159 Å². The Hall–Kier alpha value is -4.30. The number of para-hydroxylation sites is 4. The summed E-state index contributed by atoms with van der Waals surface area (Å²) in [6, 6.07) is 44.8. The molecule has 0 N–H and O–H groups in total. The van der Waals surface area contributed by atoms with Crippen LogP contribution < -0.4 is 9.80 Å². The van der Waals surface area contributed by atoms with Gasteiger partial charge in [-0.1, -0.05) is 106 Å². The highest BCUT2D eigenvalue weighted by molar-refractivity contribution is 5.85. The van der Waals surface area contributed by atoms with Gasteiger partial charge >= 0.3 is 0 Å². The van der Waals surface area contributed by atoms with Crippen molar-refractivity contribution in [2.45, 2.75) is 44.4 Å². The van der Waals surface area contributed by atoms with Crippen molar-refractivity contribution >= 4 is 28.4 Å². The average Bonchev–Trinajstić information content (AvgIpc) is 3.00. The lowest BCUT2D eigenvalue weighted by Crippen LogP contribution is -2.33. The molecule has 5 aromatic carbocycles. The SMILES string of the molecule is CN1c2ccccc2C(C)(CCc2ccc(N3c4ccccc4C(C)(C)c4ccccc43)cc2)c2ccccc21. The minimum Gasteiger partial charge on any atom is -0.344 e. The van der Waals surface area contributed by atoms with Crippen LogP contribution in [0, 0.1) is 0 Å². The Kier molecular flexibility index (Phi) is 5.64. The second kappa shape index (κ2) is 9.13. The molecule has 2 aliphatic rings. The van der Waals surface area contributed by atoms with E-state index < -0.39 is 0 Å². The second-order valence-corrected chi connectivity index (χ2v) is 12.1. The molecule has 0 saturated carbocycles. The van der Waals surface area contributed by atoms with Crippen LogP contribution in [0.15, 0.2) is 121 Å². The van der Waals surface area contributed by atoms with E-state index in [9.17, 15) is 0 Å². The fourth-order valence-corrected chi connectivity index (χ4v) is 7.16. The molecular weight excluding hydrogens is 484 g/mol. The maximum atomic E-state index is 2.43. The number of rotatable bonds is 4. The standard InChI is InChI=1S/C38H36N2/c1-37(2)29-13-5-11-19-35(29)40(36-20-12-6-14-30(36)37)28-23-21-27(22-24-28)25-26-38(3)31-15-7-9-17-33(31)39(4)34-18-10-8-16-32(34)38/h5-24H,25-26H2,1-4H3. The normalized spacial score (nSPS) is 16.0. The van der Waals surface area contributed by atoms with Gasteiger partial charge in [0.25, 0.3) is 0 Å². The first-order valence-corrected chi connectivity index (χ1v) is 14.4. The lowest BCUT2D eigenvalue weighted by atomic mass is 9.69. The van der Waals surface area contributed by atoms with E-state index >= 15 is 0 Å². The predicted octanol–water partition coefficient (Wildman–Crippen LogP) is 9.82. The third kappa shape index (κ3) is 3.63. The molecule has 2 heteroatoms. The Morgan fingerprint density at radius 3 is 1.43 bits per heavy atom. The minimum atomic E-state index is -0.0469. The van der Waals surface area contributed by atoms with Crippen LogP contribution in [-0.4, -0.2) is 7.05 Å². The van der Waals surface area contributed by atoms with Crippen molar-refractivity contribution in [3.63, 3.8) is 0 Å². The van der Waals surface area contributed by atoms with Crippen molar-refractivity contribution in [3.8, 4) is 0 Å². The van der Waals surface area contributed by atoms with Gasteiger partial charge in [0.05, 0.1) is 11.4 Å². The van der Waals surface area contributed by atoms with E-state index in [1.165, 1.54) is 56.3 Å². The van der Waals surface area contributed by atoms with Crippen LogP contribution in [-0.2, 0) is 17.3 Å². The van der Waals surface area contributed by atoms with Crippen LogP contribution in [0.3, 0.4) is 0 Å². The summed E-state index contributed by atoms with van der Waals surface area (Å²) in [6.07, 6.45) is 2.07. The number of hydrogen-bond donors (Lipinski definition) is 0. The average molecular weight is 521 g/mol. The van der Waals surface area contributed by atoms with Gasteiger partial charge in [-0.25, -0.2) is 0 Å². The molecule has 0 bridgehead atoms.